The van der Waals surface area contributed by atoms with E-state index in [1.165, 1.54) is 0 Å². The fraction of sp³-hybridized carbons (Fsp3) is 0.417. The summed E-state index contributed by atoms with van der Waals surface area (Å²) in [5.74, 6) is -0.277. The van der Waals surface area contributed by atoms with Crippen LogP contribution in [0, 0.1) is 0 Å². The molecule has 0 aromatic heterocycles. The minimum Gasteiger partial charge on any atom is -0.467 e. The minimum absolute atomic E-state index is 0.265. The van der Waals surface area contributed by atoms with Crippen LogP contribution in [0.3, 0.4) is 0 Å². The number of nitrogens with two attached hydrogens (primary N) is 1. The number of aliphatic hydroxyl groups is 1. The molecule has 1 heterocycles. The molecular formula is C12H16N2O4. The maximum Gasteiger partial charge on any atom is 0.252 e. The van der Waals surface area contributed by atoms with Crippen LogP contribution in [0.5, 0.6) is 5.75 Å². The topological polar surface area (TPSA) is 85.0 Å². The van der Waals surface area contributed by atoms with Crippen LogP contribution in [0.15, 0.2) is 18.2 Å². The van der Waals surface area contributed by atoms with Gasteiger partial charge in [-0.15, -0.1) is 0 Å². The van der Waals surface area contributed by atoms with E-state index in [1.54, 1.807) is 12.1 Å². The van der Waals surface area contributed by atoms with Crippen molar-refractivity contribution in [2.24, 2.45) is 5.73 Å². The lowest BCUT2D eigenvalue weighted by Gasteiger charge is -2.29. The predicted molar refractivity (Wildman–Crippen MR) is 65.7 cm³/mol. The van der Waals surface area contributed by atoms with Gasteiger partial charge < -0.3 is 25.2 Å². The quantitative estimate of drug-likeness (QED) is 0.734. The van der Waals surface area contributed by atoms with Gasteiger partial charge in [0.1, 0.15) is 5.75 Å². The molecule has 1 aliphatic heterocycles. The molecule has 18 heavy (non-hydrogen) atoms. The molecular weight excluding hydrogens is 236 g/mol. The van der Waals surface area contributed by atoms with Crippen molar-refractivity contribution < 1.29 is 19.4 Å². The summed E-state index contributed by atoms with van der Waals surface area (Å²) in [5.41, 5.74) is 6.43. The molecule has 2 rings (SSSR count). The Hall–Kier alpha value is -1.79. The number of amides is 1. The summed E-state index contributed by atoms with van der Waals surface area (Å²) in [6.45, 7) is 2.43. The molecule has 0 radical (unpaired) electrons. The number of hydrogen-bond donors (Lipinski definition) is 2. The molecule has 98 valence electrons. The second-order valence-corrected chi connectivity index (χ2v) is 3.92. The molecule has 1 saturated heterocycles. The Morgan fingerprint density at radius 3 is 2.78 bits per heavy atom. The van der Waals surface area contributed by atoms with Gasteiger partial charge in [0.15, 0.2) is 6.79 Å². The first-order chi connectivity index (χ1) is 8.72. The molecule has 6 heteroatoms. The van der Waals surface area contributed by atoms with Crippen LogP contribution in [0.4, 0.5) is 5.69 Å². The lowest BCUT2D eigenvalue weighted by Crippen LogP contribution is -2.36. The number of ether oxygens (including phenoxy) is 2. The number of primary amides is 1. The number of carbonyl (C=O) groups is 1. The smallest absolute Gasteiger partial charge is 0.252 e. The lowest BCUT2D eigenvalue weighted by molar-refractivity contribution is 0.0921. The van der Waals surface area contributed by atoms with Crippen molar-refractivity contribution in [2.75, 3.05) is 38.0 Å². The molecule has 0 bridgehead atoms. The van der Waals surface area contributed by atoms with Crippen molar-refractivity contribution in [1.82, 2.24) is 0 Å². The van der Waals surface area contributed by atoms with Crippen LogP contribution >= 0.6 is 0 Å². The van der Waals surface area contributed by atoms with Crippen molar-refractivity contribution >= 4 is 11.6 Å². The van der Waals surface area contributed by atoms with Gasteiger partial charge in [0.05, 0.1) is 18.8 Å². The fourth-order valence-corrected chi connectivity index (χ4v) is 1.92. The van der Waals surface area contributed by atoms with Crippen LogP contribution in [-0.2, 0) is 4.74 Å². The minimum atomic E-state index is -0.577. The molecule has 6 nitrogen and oxygen atoms in total. The lowest BCUT2D eigenvalue weighted by atomic mass is 10.1. The second-order valence-electron chi connectivity index (χ2n) is 3.92. The van der Waals surface area contributed by atoms with Crippen LogP contribution in [-0.4, -0.2) is 44.1 Å². The molecule has 0 spiro atoms. The summed E-state index contributed by atoms with van der Waals surface area (Å²) in [5, 5.41) is 8.82. The average molecular weight is 252 g/mol. The first kappa shape index (κ1) is 12.7. The highest BCUT2D eigenvalue weighted by molar-refractivity contribution is 5.96. The number of rotatable bonds is 4. The SMILES string of the molecule is NC(=O)c1ccc(N2CCOCC2)cc1OCO. The Kier molecular flexibility index (Phi) is 4.01. The largest absolute Gasteiger partial charge is 0.467 e. The number of aliphatic hydroxyl groups excluding tert-OH is 1. The van der Waals surface area contributed by atoms with E-state index in [-0.39, 0.29) is 5.56 Å². The molecule has 1 fully saturated rings. The second kappa shape index (κ2) is 5.70. The van der Waals surface area contributed by atoms with E-state index in [1.807, 2.05) is 6.07 Å². The van der Waals surface area contributed by atoms with E-state index in [2.05, 4.69) is 4.90 Å². The van der Waals surface area contributed by atoms with Crippen LogP contribution in [0.25, 0.3) is 0 Å². The Balaban J connectivity index is 2.26. The van der Waals surface area contributed by atoms with Crippen molar-refractivity contribution in [2.45, 2.75) is 0 Å². The Morgan fingerprint density at radius 2 is 2.17 bits per heavy atom. The maximum atomic E-state index is 11.2. The van der Waals surface area contributed by atoms with Gasteiger partial charge in [0, 0.05) is 24.8 Å². The maximum absolute atomic E-state index is 11.2. The standard InChI is InChI=1S/C12H16N2O4/c13-12(16)10-2-1-9(7-11(10)18-8-15)14-3-5-17-6-4-14/h1-2,7,15H,3-6,8H2,(H2,13,16). The summed E-state index contributed by atoms with van der Waals surface area (Å²) >= 11 is 0. The van der Waals surface area contributed by atoms with Gasteiger partial charge in [0.25, 0.3) is 5.91 Å². The molecule has 1 aromatic rings. The van der Waals surface area contributed by atoms with Gasteiger partial charge >= 0.3 is 0 Å². The zero-order valence-corrected chi connectivity index (χ0v) is 9.96. The predicted octanol–water partition coefficient (Wildman–Crippen LogP) is -0.0493. The molecule has 0 saturated carbocycles. The van der Waals surface area contributed by atoms with Crippen molar-refractivity contribution in [3.8, 4) is 5.75 Å². The highest BCUT2D eigenvalue weighted by Crippen LogP contribution is 2.26. The molecule has 1 amide bonds. The number of carbonyl (C=O) groups excluding carboxylic acids is 1. The number of nitrogens with zero attached hydrogens (tertiary/aromatic N) is 1. The zero-order valence-electron chi connectivity index (χ0n) is 9.96. The van der Waals surface area contributed by atoms with Crippen LogP contribution in [0.2, 0.25) is 0 Å². The number of morpholine rings is 1. The van der Waals surface area contributed by atoms with Gasteiger partial charge in [-0.1, -0.05) is 0 Å². The van der Waals surface area contributed by atoms with Crippen molar-refractivity contribution in [3.63, 3.8) is 0 Å². The van der Waals surface area contributed by atoms with E-state index in [0.717, 1.165) is 18.8 Å². The normalized spacial score (nSPS) is 15.5. The van der Waals surface area contributed by atoms with E-state index in [4.69, 9.17) is 20.3 Å². The summed E-state index contributed by atoms with van der Waals surface area (Å²) in [4.78, 5) is 13.3. The third-order valence-electron chi connectivity index (χ3n) is 2.83. The van der Waals surface area contributed by atoms with Gasteiger partial charge in [-0.3, -0.25) is 4.79 Å². The third-order valence-corrected chi connectivity index (χ3v) is 2.83. The molecule has 0 atom stereocenters. The van der Waals surface area contributed by atoms with Crippen molar-refractivity contribution in [1.29, 1.82) is 0 Å². The third kappa shape index (κ3) is 2.72. The first-order valence-corrected chi connectivity index (χ1v) is 5.72. The monoisotopic (exact) mass is 252 g/mol. The van der Waals surface area contributed by atoms with E-state index in [0.29, 0.717) is 19.0 Å². The van der Waals surface area contributed by atoms with E-state index < -0.39 is 12.7 Å². The fourth-order valence-electron chi connectivity index (χ4n) is 1.92. The molecule has 1 aliphatic rings. The van der Waals surface area contributed by atoms with Crippen LogP contribution in [0.1, 0.15) is 10.4 Å². The van der Waals surface area contributed by atoms with E-state index in [9.17, 15) is 4.79 Å². The van der Waals surface area contributed by atoms with Gasteiger partial charge in [-0.2, -0.15) is 0 Å². The summed E-state index contributed by atoms with van der Waals surface area (Å²) in [7, 11) is 0. The number of anilines is 1. The van der Waals surface area contributed by atoms with E-state index >= 15 is 0 Å². The van der Waals surface area contributed by atoms with Gasteiger partial charge in [0.2, 0.25) is 0 Å². The van der Waals surface area contributed by atoms with Gasteiger partial charge in [-0.05, 0) is 12.1 Å². The summed E-state index contributed by atoms with van der Waals surface area (Å²) in [6.07, 6.45) is 0. The Bertz CT molecular complexity index is 430. The average Bonchev–Trinajstić information content (AvgIpc) is 2.40. The number of benzene rings is 1. The summed E-state index contributed by atoms with van der Waals surface area (Å²) < 4.78 is 10.3. The van der Waals surface area contributed by atoms with Gasteiger partial charge in [-0.25, -0.2) is 0 Å². The number of hydrogen-bond acceptors (Lipinski definition) is 5. The molecule has 0 aliphatic carbocycles. The highest BCUT2D eigenvalue weighted by atomic mass is 16.6. The summed E-state index contributed by atoms with van der Waals surface area (Å²) in [6, 6.07) is 5.13. The molecule has 3 N–H and O–H groups in total. The highest BCUT2D eigenvalue weighted by Gasteiger charge is 2.15. The van der Waals surface area contributed by atoms with Crippen molar-refractivity contribution in [3.05, 3.63) is 23.8 Å². The first-order valence-electron chi connectivity index (χ1n) is 5.72. The Morgan fingerprint density at radius 1 is 1.44 bits per heavy atom. The Labute approximate surface area is 105 Å². The van der Waals surface area contributed by atoms with Crippen LogP contribution < -0.4 is 15.4 Å². The molecule has 1 aromatic carbocycles. The zero-order chi connectivity index (χ0) is 13.0. The molecule has 0 unspecified atom stereocenters.